The molecule has 3 aromatic rings. The molecule has 2 aromatic heterocycles. The van der Waals surface area contributed by atoms with Gasteiger partial charge in [-0.15, -0.1) is 0 Å². The van der Waals surface area contributed by atoms with Crippen LogP contribution in [0.4, 0.5) is 5.69 Å². The monoisotopic (exact) mass is 359 g/mol. The van der Waals surface area contributed by atoms with Gasteiger partial charge in [-0.1, -0.05) is 23.9 Å². The summed E-state index contributed by atoms with van der Waals surface area (Å²) >= 11 is 1.23. The fraction of sp³-hybridized carbons (Fsp3) is 0.250. The molecule has 9 heteroatoms. The fourth-order valence-corrected chi connectivity index (χ4v) is 3.12. The highest BCUT2D eigenvalue weighted by atomic mass is 32.2. The molecule has 0 bridgehead atoms. The van der Waals surface area contributed by atoms with Crippen LogP contribution in [-0.2, 0) is 11.8 Å². The van der Waals surface area contributed by atoms with Gasteiger partial charge in [-0.25, -0.2) is 9.97 Å². The van der Waals surface area contributed by atoms with Gasteiger partial charge in [0.05, 0.1) is 18.6 Å². The van der Waals surface area contributed by atoms with E-state index in [4.69, 9.17) is 4.74 Å². The smallest absolute Gasteiger partial charge is 0.279 e. The number of anilines is 1. The van der Waals surface area contributed by atoms with Crippen LogP contribution in [0, 0.1) is 6.92 Å². The average Bonchev–Trinajstić information content (AvgIpc) is 2.90. The summed E-state index contributed by atoms with van der Waals surface area (Å²) in [6.45, 7) is 1.71. The SMILES string of the molecule is COc1ccccc1NC(=O)CSc1nc2c(=O)[nH]c(C)nc2n1C. The minimum Gasteiger partial charge on any atom is -0.495 e. The van der Waals surface area contributed by atoms with Crippen LogP contribution in [0.15, 0.2) is 34.2 Å². The number of rotatable bonds is 5. The molecule has 0 aliphatic heterocycles. The number of imidazole rings is 1. The third kappa shape index (κ3) is 3.50. The quantitative estimate of drug-likeness (QED) is 0.673. The van der Waals surface area contributed by atoms with Crippen molar-refractivity contribution in [3.8, 4) is 5.75 Å². The Morgan fingerprint density at radius 1 is 1.36 bits per heavy atom. The van der Waals surface area contributed by atoms with E-state index in [-0.39, 0.29) is 22.7 Å². The number of para-hydroxylation sites is 2. The molecule has 0 spiro atoms. The number of H-pyrrole nitrogens is 1. The molecule has 2 N–H and O–H groups in total. The van der Waals surface area contributed by atoms with Gasteiger partial charge in [-0.3, -0.25) is 9.59 Å². The van der Waals surface area contributed by atoms with E-state index in [1.165, 1.54) is 11.8 Å². The van der Waals surface area contributed by atoms with Gasteiger partial charge in [0.25, 0.3) is 5.56 Å². The number of benzene rings is 1. The van der Waals surface area contributed by atoms with Gasteiger partial charge in [0, 0.05) is 7.05 Å². The van der Waals surface area contributed by atoms with Crippen molar-refractivity contribution in [1.29, 1.82) is 0 Å². The van der Waals surface area contributed by atoms with Crippen LogP contribution in [0.1, 0.15) is 5.82 Å². The Morgan fingerprint density at radius 3 is 2.88 bits per heavy atom. The minimum absolute atomic E-state index is 0.145. The first-order valence-corrected chi connectivity index (χ1v) is 8.47. The molecule has 0 saturated carbocycles. The molecular weight excluding hydrogens is 342 g/mol. The summed E-state index contributed by atoms with van der Waals surface area (Å²) in [6, 6.07) is 7.18. The molecule has 0 fully saturated rings. The lowest BCUT2D eigenvalue weighted by Crippen LogP contribution is -2.15. The molecule has 0 atom stereocenters. The first-order chi connectivity index (χ1) is 12.0. The number of amides is 1. The van der Waals surface area contributed by atoms with Gasteiger partial charge in [-0.05, 0) is 19.1 Å². The van der Waals surface area contributed by atoms with Crippen LogP contribution in [0.5, 0.6) is 5.75 Å². The Bertz CT molecular complexity index is 995. The lowest BCUT2D eigenvalue weighted by molar-refractivity contribution is -0.113. The minimum atomic E-state index is -0.288. The number of aromatic amines is 1. The predicted octanol–water partition coefficient (Wildman–Crippen LogP) is 1.70. The number of aryl methyl sites for hydroxylation is 2. The Labute approximate surface area is 147 Å². The van der Waals surface area contributed by atoms with Crippen molar-refractivity contribution in [2.75, 3.05) is 18.2 Å². The van der Waals surface area contributed by atoms with Gasteiger partial charge >= 0.3 is 0 Å². The zero-order chi connectivity index (χ0) is 18.0. The standard InChI is InChI=1S/C16H17N5O3S/c1-9-17-14-13(15(23)18-9)20-16(21(14)2)25-8-12(22)19-10-6-4-5-7-11(10)24-3/h4-7H,8H2,1-3H3,(H,19,22)(H,17,18,23). The second-order valence-corrected chi connectivity index (χ2v) is 6.26. The molecule has 3 rings (SSSR count). The third-order valence-electron chi connectivity index (χ3n) is 3.52. The first kappa shape index (κ1) is 17.0. The number of carbonyl (C=O) groups excluding carboxylic acids is 1. The van der Waals surface area contributed by atoms with E-state index in [2.05, 4.69) is 20.3 Å². The van der Waals surface area contributed by atoms with E-state index in [9.17, 15) is 9.59 Å². The fourth-order valence-electron chi connectivity index (χ4n) is 2.35. The summed E-state index contributed by atoms with van der Waals surface area (Å²) in [5.74, 6) is 1.06. The number of hydrogen-bond donors (Lipinski definition) is 2. The van der Waals surface area contributed by atoms with Gasteiger partial charge in [0.2, 0.25) is 5.91 Å². The molecule has 1 amide bonds. The number of ether oxygens (including phenoxy) is 1. The van der Waals surface area contributed by atoms with E-state index in [1.807, 2.05) is 12.1 Å². The summed E-state index contributed by atoms with van der Waals surface area (Å²) < 4.78 is 6.91. The zero-order valence-corrected chi connectivity index (χ0v) is 14.8. The van der Waals surface area contributed by atoms with Crippen molar-refractivity contribution < 1.29 is 9.53 Å². The largest absolute Gasteiger partial charge is 0.495 e. The van der Waals surface area contributed by atoms with Gasteiger partial charge in [0.1, 0.15) is 11.6 Å². The molecule has 0 aliphatic carbocycles. The number of fused-ring (bicyclic) bond motifs is 1. The number of hydrogen-bond acceptors (Lipinski definition) is 6. The van der Waals surface area contributed by atoms with Crippen LogP contribution in [0.25, 0.3) is 11.2 Å². The normalized spacial score (nSPS) is 10.8. The van der Waals surface area contributed by atoms with E-state index in [1.54, 1.807) is 37.8 Å². The van der Waals surface area contributed by atoms with E-state index < -0.39 is 0 Å². The van der Waals surface area contributed by atoms with Gasteiger partial charge in [0.15, 0.2) is 16.3 Å². The number of nitrogens with zero attached hydrogens (tertiary/aromatic N) is 3. The van der Waals surface area contributed by atoms with Gasteiger partial charge in [-0.2, -0.15) is 0 Å². The maximum atomic E-state index is 12.2. The summed E-state index contributed by atoms with van der Waals surface area (Å²) in [5, 5.41) is 3.35. The van der Waals surface area contributed by atoms with Crippen LogP contribution < -0.4 is 15.6 Å². The Balaban J connectivity index is 1.74. The molecule has 25 heavy (non-hydrogen) atoms. The van der Waals surface area contributed by atoms with Gasteiger partial charge < -0.3 is 19.6 Å². The summed E-state index contributed by atoms with van der Waals surface area (Å²) in [5.41, 5.74) is 1.08. The zero-order valence-electron chi connectivity index (χ0n) is 14.0. The second kappa shape index (κ2) is 6.98. The number of carbonyl (C=O) groups is 1. The number of nitrogens with one attached hydrogen (secondary N) is 2. The lowest BCUT2D eigenvalue weighted by Gasteiger charge is -2.09. The highest BCUT2D eigenvalue weighted by Gasteiger charge is 2.15. The van der Waals surface area contributed by atoms with Crippen LogP contribution in [0.2, 0.25) is 0 Å². The van der Waals surface area contributed by atoms with Crippen molar-refractivity contribution in [2.45, 2.75) is 12.1 Å². The van der Waals surface area contributed by atoms with E-state index in [0.29, 0.717) is 28.1 Å². The molecule has 8 nitrogen and oxygen atoms in total. The highest BCUT2D eigenvalue weighted by molar-refractivity contribution is 7.99. The maximum absolute atomic E-state index is 12.2. The van der Waals surface area contributed by atoms with Crippen LogP contribution in [-0.4, -0.2) is 38.3 Å². The van der Waals surface area contributed by atoms with Crippen molar-refractivity contribution in [3.05, 3.63) is 40.4 Å². The molecule has 130 valence electrons. The summed E-state index contributed by atoms with van der Waals surface area (Å²) in [6.07, 6.45) is 0. The maximum Gasteiger partial charge on any atom is 0.279 e. The van der Waals surface area contributed by atoms with Crippen molar-refractivity contribution in [3.63, 3.8) is 0 Å². The first-order valence-electron chi connectivity index (χ1n) is 7.48. The molecule has 2 heterocycles. The molecule has 0 aliphatic rings. The van der Waals surface area contributed by atoms with Crippen molar-refractivity contribution >= 4 is 34.5 Å². The van der Waals surface area contributed by atoms with E-state index >= 15 is 0 Å². The molecule has 0 unspecified atom stereocenters. The molecule has 0 radical (unpaired) electrons. The average molecular weight is 359 g/mol. The topological polar surface area (TPSA) is 102 Å². The molecule has 1 aromatic carbocycles. The Morgan fingerprint density at radius 2 is 2.12 bits per heavy atom. The second-order valence-electron chi connectivity index (χ2n) is 5.31. The summed E-state index contributed by atoms with van der Waals surface area (Å²) in [7, 11) is 3.31. The van der Waals surface area contributed by atoms with E-state index in [0.717, 1.165) is 0 Å². The van der Waals surface area contributed by atoms with Crippen LogP contribution >= 0.6 is 11.8 Å². The molecular formula is C16H17N5O3S. The summed E-state index contributed by atoms with van der Waals surface area (Å²) in [4.78, 5) is 35.3. The van der Waals surface area contributed by atoms with Crippen LogP contribution in [0.3, 0.4) is 0 Å². The Kier molecular flexibility index (Phi) is 4.75. The third-order valence-corrected chi connectivity index (χ3v) is 4.55. The highest BCUT2D eigenvalue weighted by Crippen LogP contribution is 2.24. The van der Waals surface area contributed by atoms with Crippen molar-refractivity contribution in [1.82, 2.24) is 19.5 Å². The molecule has 0 saturated heterocycles. The lowest BCUT2D eigenvalue weighted by atomic mass is 10.3. The van der Waals surface area contributed by atoms with Crippen molar-refractivity contribution in [2.24, 2.45) is 7.05 Å². The number of methoxy groups -OCH3 is 1. The number of thioether (sulfide) groups is 1. The number of aromatic nitrogens is 4. The predicted molar refractivity (Wildman–Crippen MR) is 96.2 cm³/mol. The Hall–Kier alpha value is -2.81.